The summed E-state index contributed by atoms with van der Waals surface area (Å²) in [7, 11) is 0. The third-order valence-corrected chi connectivity index (χ3v) is 4.03. The number of carbonyl (C=O) groups is 3. The quantitative estimate of drug-likeness (QED) is 0.575. The second-order valence-electron chi connectivity index (χ2n) is 5.88. The van der Waals surface area contributed by atoms with E-state index in [-0.39, 0.29) is 24.5 Å². The van der Waals surface area contributed by atoms with Gasteiger partial charge in [-0.25, -0.2) is 9.59 Å². The second-order valence-corrected chi connectivity index (χ2v) is 5.88. The van der Waals surface area contributed by atoms with Crippen molar-refractivity contribution < 1.29 is 19.5 Å². The molecule has 7 heteroatoms. The fraction of sp³-hybridized carbons (Fsp3) is 0.786. The van der Waals surface area contributed by atoms with Crippen molar-refractivity contribution in [2.45, 2.75) is 57.0 Å². The van der Waals surface area contributed by atoms with E-state index in [4.69, 9.17) is 5.11 Å². The molecular weight excluding hydrogens is 274 g/mol. The number of carbonyl (C=O) groups excluding carboxylic acids is 2. The van der Waals surface area contributed by atoms with Crippen LogP contribution in [0.3, 0.4) is 0 Å². The first-order valence-electron chi connectivity index (χ1n) is 7.63. The molecule has 0 spiro atoms. The van der Waals surface area contributed by atoms with Crippen LogP contribution in [0.25, 0.3) is 0 Å². The summed E-state index contributed by atoms with van der Waals surface area (Å²) in [5.41, 5.74) is 0. The van der Waals surface area contributed by atoms with E-state index in [1.807, 2.05) is 0 Å². The molecule has 2 saturated carbocycles. The lowest BCUT2D eigenvalue weighted by Gasteiger charge is -2.22. The first-order valence-corrected chi connectivity index (χ1v) is 7.63. The normalized spacial score (nSPS) is 20.4. The Labute approximate surface area is 123 Å². The number of carboxylic acid groups (broad SMARTS) is 1. The standard InChI is InChI=1S/C14H23N3O4/c18-11(17-12(13(19)20)9-6-7-9)8-15-14(21)16-10-4-2-1-3-5-10/h9-10,12H,1-8H2,(H,17,18)(H,19,20)(H2,15,16,21). The molecule has 0 aliphatic heterocycles. The van der Waals surface area contributed by atoms with E-state index in [0.717, 1.165) is 38.5 Å². The molecule has 0 aromatic rings. The Morgan fingerprint density at radius 1 is 1.05 bits per heavy atom. The number of aliphatic carboxylic acids is 1. The van der Waals surface area contributed by atoms with Gasteiger partial charge in [-0.2, -0.15) is 0 Å². The van der Waals surface area contributed by atoms with Gasteiger partial charge in [0, 0.05) is 6.04 Å². The van der Waals surface area contributed by atoms with Gasteiger partial charge in [0.1, 0.15) is 6.04 Å². The van der Waals surface area contributed by atoms with E-state index in [0.29, 0.717) is 0 Å². The van der Waals surface area contributed by atoms with Gasteiger partial charge in [0.25, 0.3) is 0 Å². The molecular formula is C14H23N3O4. The maximum absolute atomic E-state index is 11.7. The fourth-order valence-corrected chi connectivity index (χ4v) is 2.68. The van der Waals surface area contributed by atoms with E-state index in [9.17, 15) is 14.4 Å². The van der Waals surface area contributed by atoms with Crippen LogP contribution in [0.5, 0.6) is 0 Å². The van der Waals surface area contributed by atoms with Crippen molar-refractivity contribution in [2.75, 3.05) is 6.54 Å². The number of urea groups is 1. The molecule has 1 atom stereocenters. The van der Waals surface area contributed by atoms with E-state index < -0.39 is 17.9 Å². The smallest absolute Gasteiger partial charge is 0.326 e. The van der Waals surface area contributed by atoms with Gasteiger partial charge in [-0.05, 0) is 31.6 Å². The Kier molecular flexibility index (Phi) is 5.41. The molecule has 2 rings (SSSR count). The van der Waals surface area contributed by atoms with Crippen molar-refractivity contribution in [3.63, 3.8) is 0 Å². The van der Waals surface area contributed by atoms with Crippen molar-refractivity contribution >= 4 is 17.9 Å². The summed E-state index contributed by atoms with van der Waals surface area (Å²) in [5, 5.41) is 16.8. The van der Waals surface area contributed by atoms with E-state index in [2.05, 4.69) is 16.0 Å². The molecule has 118 valence electrons. The van der Waals surface area contributed by atoms with Crippen LogP contribution in [0.1, 0.15) is 44.9 Å². The minimum Gasteiger partial charge on any atom is -0.480 e. The molecule has 1 unspecified atom stereocenters. The zero-order valence-corrected chi connectivity index (χ0v) is 12.1. The molecule has 3 amide bonds. The molecule has 7 nitrogen and oxygen atoms in total. The Morgan fingerprint density at radius 3 is 2.29 bits per heavy atom. The van der Waals surface area contributed by atoms with Crippen LogP contribution >= 0.6 is 0 Å². The van der Waals surface area contributed by atoms with Crippen LogP contribution in [0.2, 0.25) is 0 Å². The molecule has 4 N–H and O–H groups in total. The number of nitrogens with one attached hydrogen (secondary N) is 3. The van der Waals surface area contributed by atoms with Gasteiger partial charge in [-0.1, -0.05) is 19.3 Å². The minimum absolute atomic E-state index is 0.0301. The summed E-state index contributed by atoms with van der Waals surface area (Å²) in [5.74, 6) is -1.45. The number of hydrogen-bond donors (Lipinski definition) is 4. The maximum atomic E-state index is 11.7. The first-order chi connectivity index (χ1) is 10.1. The molecule has 0 aromatic heterocycles. The number of hydrogen-bond acceptors (Lipinski definition) is 3. The lowest BCUT2D eigenvalue weighted by Crippen LogP contribution is -2.49. The third kappa shape index (κ3) is 5.24. The lowest BCUT2D eigenvalue weighted by molar-refractivity contribution is -0.142. The van der Waals surface area contributed by atoms with Crippen molar-refractivity contribution in [3.8, 4) is 0 Å². The van der Waals surface area contributed by atoms with Gasteiger partial charge in [0.2, 0.25) is 5.91 Å². The molecule has 0 heterocycles. The Morgan fingerprint density at radius 2 is 1.71 bits per heavy atom. The Balaban J connectivity index is 1.65. The van der Waals surface area contributed by atoms with Crippen LogP contribution in [0.15, 0.2) is 0 Å². The highest BCUT2D eigenvalue weighted by Crippen LogP contribution is 2.32. The maximum Gasteiger partial charge on any atom is 0.326 e. The van der Waals surface area contributed by atoms with E-state index in [1.54, 1.807) is 0 Å². The summed E-state index contributed by atoms with van der Waals surface area (Å²) in [6.45, 7) is -0.199. The molecule has 0 bridgehead atoms. The van der Waals surface area contributed by atoms with Crippen LogP contribution in [-0.4, -0.2) is 41.6 Å². The van der Waals surface area contributed by atoms with Gasteiger partial charge in [0.05, 0.1) is 6.54 Å². The first kappa shape index (κ1) is 15.6. The average molecular weight is 297 g/mol. The molecule has 21 heavy (non-hydrogen) atoms. The minimum atomic E-state index is -1.02. The molecule has 0 saturated heterocycles. The second kappa shape index (κ2) is 7.28. The molecule has 2 aliphatic carbocycles. The fourth-order valence-electron chi connectivity index (χ4n) is 2.68. The van der Waals surface area contributed by atoms with E-state index in [1.165, 1.54) is 6.42 Å². The van der Waals surface area contributed by atoms with Crippen molar-refractivity contribution in [1.29, 1.82) is 0 Å². The highest BCUT2D eigenvalue weighted by Gasteiger charge is 2.37. The predicted molar refractivity (Wildman–Crippen MR) is 75.7 cm³/mol. The van der Waals surface area contributed by atoms with E-state index >= 15 is 0 Å². The van der Waals surface area contributed by atoms with Gasteiger partial charge in [0.15, 0.2) is 0 Å². The molecule has 0 radical (unpaired) electrons. The zero-order chi connectivity index (χ0) is 15.2. The van der Waals surface area contributed by atoms with Crippen LogP contribution in [-0.2, 0) is 9.59 Å². The molecule has 2 fully saturated rings. The van der Waals surface area contributed by atoms with Crippen molar-refractivity contribution in [2.24, 2.45) is 5.92 Å². The van der Waals surface area contributed by atoms with Gasteiger partial charge in [-0.15, -0.1) is 0 Å². The summed E-state index contributed by atoms with van der Waals surface area (Å²) in [6, 6.07) is -1.02. The molecule has 2 aliphatic rings. The highest BCUT2D eigenvalue weighted by atomic mass is 16.4. The summed E-state index contributed by atoms with van der Waals surface area (Å²) in [6.07, 6.45) is 7.05. The van der Waals surface area contributed by atoms with Crippen LogP contribution in [0.4, 0.5) is 4.79 Å². The van der Waals surface area contributed by atoms with Gasteiger partial charge >= 0.3 is 12.0 Å². The third-order valence-electron chi connectivity index (χ3n) is 4.03. The lowest BCUT2D eigenvalue weighted by atomic mass is 9.96. The zero-order valence-electron chi connectivity index (χ0n) is 12.1. The molecule has 0 aromatic carbocycles. The largest absolute Gasteiger partial charge is 0.480 e. The number of rotatable bonds is 6. The van der Waals surface area contributed by atoms with Crippen LogP contribution < -0.4 is 16.0 Å². The monoisotopic (exact) mass is 297 g/mol. The SMILES string of the molecule is O=C(CNC(=O)NC1CCCCC1)NC(C(=O)O)C1CC1. The van der Waals surface area contributed by atoms with Crippen LogP contribution in [0, 0.1) is 5.92 Å². The summed E-state index contributed by atoms with van der Waals surface area (Å²) in [4.78, 5) is 34.3. The highest BCUT2D eigenvalue weighted by molar-refractivity contribution is 5.87. The van der Waals surface area contributed by atoms with Crippen molar-refractivity contribution in [1.82, 2.24) is 16.0 Å². The predicted octanol–water partition coefficient (Wildman–Crippen LogP) is 0.598. The number of carboxylic acids is 1. The Hall–Kier alpha value is -1.79. The van der Waals surface area contributed by atoms with Gasteiger partial charge < -0.3 is 21.1 Å². The van der Waals surface area contributed by atoms with Crippen molar-refractivity contribution in [3.05, 3.63) is 0 Å². The summed E-state index contributed by atoms with van der Waals surface area (Å²) >= 11 is 0. The Bertz CT molecular complexity index is 403. The number of amides is 3. The summed E-state index contributed by atoms with van der Waals surface area (Å²) < 4.78 is 0. The van der Waals surface area contributed by atoms with Gasteiger partial charge in [-0.3, -0.25) is 4.79 Å². The topological polar surface area (TPSA) is 108 Å². The average Bonchev–Trinajstić information content (AvgIpc) is 3.28.